The lowest BCUT2D eigenvalue weighted by atomic mass is 10.1. The Kier molecular flexibility index (Phi) is 5.75. The zero-order chi connectivity index (χ0) is 23.8. The van der Waals surface area contributed by atoms with Gasteiger partial charge < -0.3 is 15.4 Å². The molecule has 3 aromatic rings. The van der Waals surface area contributed by atoms with Gasteiger partial charge in [-0.2, -0.15) is 0 Å². The summed E-state index contributed by atoms with van der Waals surface area (Å²) in [7, 11) is 0. The van der Waals surface area contributed by atoms with Crippen LogP contribution in [-0.4, -0.2) is 34.5 Å². The van der Waals surface area contributed by atoms with E-state index in [4.69, 9.17) is 0 Å². The summed E-state index contributed by atoms with van der Waals surface area (Å²) >= 11 is 0. The van der Waals surface area contributed by atoms with Crippen LogP contribution in [0.15, 0.2) is 48.5 Å². The first-order chi connectivity index (χ1) is 15.6. The van der Waals surface area contributed by atoms with Crippen LogP contribution in [0, 0.1) is 17.6 Å². The number of anilines is 1. The monoisotopic (exact) mass is 466 g/mol. The molecule has 33 heavy (non-hydrogen) atoms. The van der Waals surface area contributed by atoms with Gasteiger partial charge in [-0.15, -0.1) is 18.3 Å². The quantitative estimate of drug-likeness (QED) is 0.561. The van der Waals surface area contributed by atoms with Crippen molar-refractivity contribution in [2.75, 3.05) is 11.9 Å². The molecule has 1 atom stereocenters. The number of nitrogens with one attached hydrogen (secondary N) is 2. The molecule has 0 aliphatic carbocycles. The largest absolute Gasteiger partial charge is 0.573 e. The second kappa shape index (κ2) is 8.52. The van der Waals surface area contributed by atoms with Crippen LogP contribution >= 0.6 is 0 Å². The summed E-state index contributed by atoms with van der Waals surface area (Å²) in [5, 5.41) is 9.18. The summed E-state index contributed by atoms with van der Waals surface area (Å²) in [5.41, 5.74) is 0.0574. The number of amides is 2. The van der Waals surface area contributed by atoms with Crippen LogP contribution in [0.5, 0.6) is 5.75 Å². The molecule has 0 saturated carbocycles. The lowest BCUT2D eigenvalue weighted by Crippen LogP contribution is -2.24. The van der Waals surface area contributed by atoms with Gasteiger partial charge in [0.1, 0.15) is 17.3 Å². The van der Waals surface area contributed by atoms with Crippen LogP contribution in [0.2, 0.25) is 0 Å². The lowest BCUT2D eigenvalue weighted by Gasteiger charge is -2.11. The topological polar surface area (TPSA) is 85.2 Å². The minimum atomic E-state index is -4.92. The normalized spacial score (nSPS) is 15.9. The fraction of sp³-hybridized carbons (Fsp3) is 0.190. The molecule has 1 aliphatic heterocycles. The second-order valence-corrected chi connectivity index (χ2v) is 7.19. The maximum Gasteiger partial charge on any atom is 0.573 e. The van der Waals surface area contributed by atoms with E-state index in [0.717, 1.165) is 28.9 Å². The zero-order valence-electron chi connectivity index (χ0n) is 16.6. The second-order valence-electron chi connectivity index (χ2n) is 7.19. The molecule has 172 valence electrons. The molecule has 1 aliphatic rings. The summed E-state index contributed by atoms with van der Waals surface area (Å²) in [6.07, 6.45) is -4.93. The third-order valence-corrected chi connectivity index (χ3v) is 4.81. The van der Waals surface area contributed by atoms with Crippen LogP contribution in [0.25, 0.3) is 16.9 Å². The van der Waals surface area contributed by atoms with E-state index in [2.05, 4.69) is 20.5 Å². The van der Waals surface area contributed by atoms with Crippen molar-refractivity contribution in [2.45, 2.75) is 12.8 Å². The van der Waals surface area contributed by atoms with Crippen molar-refractivity contribution >= 4 is 17.6 Å². The Labute approximate surface area is 183 Å². The van der Waals surface area contributed by atoms with Crippen molar-refractivity contribution in [3.05, 3.63) is 60.2 Å². The molecule has 1 unspecified atom stereocenters. The Morgan fingerprint density at radius 2 is 1.94 bits per heavy atom. The number of hydrogen-bond acceptors (Lipinski definition) is 4. The van der Waals surface area contributed by atoms with E-state index < -0.39 is 35.6 Å². The van der Waals surface area contributed by atoms with E-state index in [9.17, 15) is 31.5 Å². The Bertz CT molecular complexity index is 1220. The molecule has 1 fully saturated rings. The maximum atomic E-state index is 14.5. The molecular weight excluding hydrogens is 451 g/mol. The first-order valence-electron chi connectivity index (χ1n) is 9.58. The van der Waals surface area contributed by atoms with Crippen molar-refractivity contribution in [2.24, 2.45) is 5.92 Å². The number of halogens is 5. The molecule has 2 aromatic carbocycles. The van der Waals surface area contributed by atoms with Crippen molar-refractivity contribution < 1.29 is 36.3 Å². The molecule has 7 nitrogen and oxygen atoms in total. The van der Waals surface area contributed by atoms with Gasteiger partial charge in [0.15, 0.2) is 11.6 Å². The van der Waals surface area contributed by atoms with Crippen molar-refractivity contribution in [3.8, 4) is 22.7 Å². The van der Waals surface area contributed by atoms with Gasteiger partial charge in [-0.3, -0.25) is 9.59 Å². The zero-order valence-corrected chi connectivity index (χ0v) is 16.6. The third kappa shape index (κ3) is 5.10. The van der Waals surface area contributed by atoms with Gasteiger partial charge in [-0.25, -0.2) is 13.5 Å². The smallest absolute Gasteiger partial charge is 0.406 e. The van der Waals surface area contributed by atoms with Gasteiger partial charge in [0.25, 0.3) is 0 Å². The number of benzene rings is 2. The van der Waals surface area contributed by atoms with Gasteiger partial charge in [0, 0.05) is 30.7 Å². The van der Waals surface area contributed by atoms with E-state index in [1.54, 1.807) is 0 Å². The van der Waals surface area contributed by atoms with Gasteiger partial charge in [0.05, 0.1) is 11.6 Å². The number of aromatic nitrogens is 2. The molecule has 2 N–H and O–H groups in total. The van der Waals surface area contributed by atoms with E-state index in [1.165, 1.54) is 18.2 Å². The predicted octanol–water partition coefficient (Wildman–Crippen LogP) is 3.79. The summed E-state index contributed by atoms with van der Waals surface area (Å²) in [4.78, 5) is 23.8. The third-order valence-electron chi connectivity index (χ3n) is 4.81. The van der Waals surface area contributed by atoms with Gasteiger partial charge >= 0.3 is 6.36 Å². The highest BCUT2D eigenvalue weighted by Crippen LogP contribution is 2.32. The number of alkyl halides is 3. The lowest BCUT2D eigenvalue weighted by molar-refractivity contribution is -0.274. The highest BCUT2D eigenvalue weighted by Gasteiger charge is 2.31. The van der Waals surface area contributed by atoms with Crippen molar-refractivity contribution in [1.82, 2.24) is 15.1 Å². The fourth-order valence-electron chi connectivity index (χ4n) is 3.36. The van der Waals surface area contributed by atoms with Crippen LogP contribution < -0.4 is 15.4 Å². The molecule has 0 bridgehead atoms. The number of rotatable bonds is 5. The predicted molar refractivity (Wildman–Crippen MR) is 105 cm³/mol. The summed E-state index contributed by atoms with van der Waals surface area (Å²) in [5.74, 6) is -3.82. The van der Waals surface area contributed by atoms with Crippen LogP contribution in [-0.2, 0) is 9.59 Å². The molecule has 2 heterocycles. The standard InChI is InChI=1S/C21H15F5N4O3/c22-13-4-5-16(15(23)8-13)30-17(11-2-1-3-14(6-11)33-21(24,25)26)9-18(29-30)28-20(32)12-7-19(31)27-10-12/h1-6,8-9,12H,7,10H2,(H,27,31)(H,28,29,32). The van der Waals surface area contributed by atoms with Gasteiger partial charge in [-0.05, 0) is 24.3 Å². The molecule has 12 heteroatoms. The molecule has 0 spiro atoms. The van der Waals surface area contributed by atoms with Crippen LogP contribution in [0.4, 0.5) is 27.8 Å². The number of ether oxygens (including phenoxy) is 1. The summed E-state index contributed by atoms with van der Waals surface area (Å²) in [6, 6.07) is 8.90. The highest BCUT2D eigenvalue weighted by atomic mass is 19.4. The van der Waals surface area contributed by atoms with Gasteiger partial charge in [-0.1, -0.05) is 12.1 Å². The average molecular weight is 466 g/mol. The van der Waals surface area contributed by atoms with Crippen molar-refractivity contribution in [1.29, 1.82) is 0 Å². The molecular formula is C21H15F5N4O3. The number of hydrogen-bond donors (Lipinski definition) is 2. The molecule has 1 saturated heterocycles. The highest BCUT2D eigenvalue weighted by molar-refractivity contribution is 5.97. The van der Waals surface area contributed by atoms with E-state index in [1.807, 2.05) is 0 Å². The first-order valence-corrected chi connectivity index (χ1v) is 9.58. The minimum absolute atomic E-state index is 0.0111. The summed E-state index contributed by atoms with van der Waals surface area (Å²) < 4.78 is 70.7. The number of carbonyl (C=O) groups is 2. The number of nitrogens with zero attached hydrogens (tertiary/aromatic N) is 2. The van der Waals surface area contributed by atoms with E-state index in [0.29, 0.717) is 6.07 Å². The summed E-state index contributed by atoms with van der Waals surface area (Å²) in [6.45, 7) is 0.141. The minimum Gasteiger partial charge on any atom is -0.406 e. The SMILES string of the molecule is O=C1CC(C(=O)Nc2cc(-c3cccc(OC(F)(F)F)c3)n(-c3ccc(F)cc3F)n2)CN1. The maximum absolute atomic E-state index is 14.5. The average Bonchev–Trinajstić information content (AvgIpc) is 3.33. The van der Waals surface area contributed by atoms with Gasteiger partial charge in [0.2, 0.25) is 11.8 Å². The Morgan fingerprint density at radius 3 is 2.61 bits per heavy atom. The van der Waals surface area contributed by atoms with Crippen LogP contribution in [0.3, 0.4) is 0 Å². The fourth-order valence-corrected chi connectivity index (χ4v) is 3.36. The first kappa shape index (κ1) is 22.2. The Hall–Kier alpha value is -3.96. The van der Waals surface area contributed by atoms with Crippen molar-refractivity contribution in [3.63, 3.8) is 0 Å². The number of carbonyl (C=O) groups excluding carboxylic acids is 2. The van der Waals surface area contributed by atoms with Crippen LogP contribution in [0.1, 0.15) is 6.42 Å². The molecule has 1 aromatic heterocycles. The van der Waals surface area contributed by atoms with E-state index in [-0.39, 0.29) is 41.6 Å². The molecule has 4 rings (SSSR count). The molecule has 2 amide bonds. The Balaban J connectivity index is 1.74. The molecule has 0 radical (unpaired) electrons. The Morgan fingerprint density at radius 1 is 1.15 bits per heavy atom. The van der Waals surface area contributed by atoms with E-state index >= 15 is 0 Å².